The number of ether oxygens (including phenoxy) is 1. The molecule has 0 fully saturated rings. The van der Waals surface area contributed by atoms with Gasteiger partial charge in [0.25, 0.3) is 11.6 Å². The Hall–Kier alpha value is -3.40. The van der Waals surface area contributed by atoms with Gasteiger partial charge in [0.05, 0.1) is 28.0 Å². The number of nitro groups is 1. The van der Waals surface area contributed by atoms with Crippen LogP contribution in [0.2, 0.25) is 0 Å². The average molecular weight is 415 g/mol. The second-order valence-corrected chi connectivity index (χ2v) is 7.51. The smallest absolute Gasteiger partial charge is 0.307 e. The number of hydrogen-bond donors (Lipinski definition) is 2. The zero-order valence-corrected chi connectivity index (χ0v) is 16.2. The van der Waals surface area contributed by atoms with Gasteiger partial charge in [-0.1, -0.05) is 18.2 Å². The third kappa shape index (κ3) is 5.11. The first-order valence-electron chi connectivity index (χ1n) is 8.60. The highest BCUT2D eigenvalue weighted by atomic mass is 32.2. The molecule has 0 aromatic heterocycles. The number of para-hydroxylation sites is 1. The van der Waals surface area contributed by atoms with E-state index in [1.54, 1.807) is 19.1 Å². The van der Waals surface area contributed by atoms with Crippen LogP contribution >= 0.6 is 11.8 Å². The predicted molar refractivity (Wildman–Crippen MR) is 107 cm³/mol. The number of nitro benzene ring substituents is 1. The fourth-order valence-corrected chi connectivity index (χ4v) is 3.72. The monoisotopic (exact) mass is 415 g/mol. The van der Waals surface area contributed by atoms with Crippen molar-refractivity contribution in [3.63, 3.8) is 0 Å². The summed E-state index contributed by atoms with van der Waals surface area (Å²) in [5.41, 5.74) is 1.42. The van der Waals surface area contributed by atoms with Crippen molar-refractivity contribution in [2.45, 2.75) is 23.5 Å². The summed E-state index contributed by atoms with van der Waals surface area (Å²) >= 11 is 1.26. The van der Waals surface area contributed by atoms with Crippen LogP contribution in [0.1, 0.15) is 12.0 Å². The molecular formula is C19H17N3O6S. The van der Waals surface area contributed by atoms with Gasteiger partial charge in [-0.3, -0.25) is 24.5 Å². The van der Waals surface area contributed by atoms with Crippen molar-refractivity contribution in [1.29, 1.82) is 0 Å². The highest BCUT2D eigenvalue weighted by molar-refractivity contribution is 8.01. The Balaban J connectivity index is 1.52. The molecule has 1 aliphatic heterocycles. The molecule has 1 aliphatic rings. The van der Waals surface area contributed by atoms with E-state index in [2.05, 4.69) is 10.6 Å². The summed E-state index contributed by atoms with van der Waals surface area (Å²) in [5, 5.41) is 15.4. The number of fused-ring (bicyclic) bond motifs is 1. The molecule has 9 nitrogen and oxygen atoms in total. The number of amides is 2. The number of esters is 1. The summed E-state index contributed by atoms with van der Waals surface area (Å²) < 4.78 is 4.95. The molecule has 1 atom stereocenters. The number of nitrogens with one attached hydrogen (secondary N) is 2. The van der Waals surface area contributed by atoms with Crippen molar-refractivity contribution in [1.82, 2.24) is 0 Å². The van der Waals surface area contributed by atoms with Crippen molar-refractivity contribution >= 4 is 46.6 Å². The van der Waals surface area contributed by atoms with E-state index < -0.39 is 28.7 Å². The Morgan fingerprint density at radius 3 is 2.79 bits per heavy atom. The number of rotatable bonds is 6. The standard InChI is InChI=1S/C19H17N3O6S/c1-11-6-7-12(22(26)27)8-14(11)20-17(23)10-28-18(24)9-16-19(25)21-13-4-2-3-5-15(13)29-16/h2-8,16H,9-10H2,1H3,(H,20,23)(H,21,25)/t16-/m1/s1. The summed E-state index contributed by atoms with van der Waals surface area (Å²) in [6.45, 7) is 1.12. The first kappa shape index (κ1) is 20.3. The molecule has 0 unspecified atom stereocenters. The zero-order valence-electron chi connectivity index (χ0n) is 15.3. The fourth-order valence-electron chi connectivity index (χ4n) is 2.63. The number of thioether (sulfide) groups is 1. The van der Waals surface area contributed by atoms with Crippen LogP contribution in [0.25, 0.3) is 0 Å². The summed E-state index contributed by atoms with van der Waals surface area (Å²) in [6.07, 6.45) is -0.187. The van der Waals surface area contributed by atoms with Crippen LogP contribution in [0.3, 0.4) is 0 Å². The predicted octanol–water partition coefficient (Wildman–Crippen LogP) is 2.89. The second kappa shape index (κ2) is 8.74. The molecule has 150 valence electrons. The number of non-ortho nitro benzene ring substituents is 1. The number of anilines is 2. The van der Waals surface area contributed by atoms with Gasteiger partial charge >= 0.3 is 5.97 Å². The summed E-state index contributed by atoms with van der Waals surface area (Å²) in [4.78, 5) is 47.3. The zero-order chi connectivity index (χ0) is 21.0. The van der Waals surface area contributed by atoms with Crippen LogP contribution in [-0.4, -0.2) is 34.6 Å². The summed E-state index contributed by atoms with van der Waals surface area (Å²) in [7, 11) is 0. The number of hydrogen-bond acceptors (Lipinski definition) is 7. The maximum Gasteiger partial charge on any atom is 0.307 e. The number of carbonyl (C=O) groups excluding carboxylic acids is 3. The Kier molecular flexibility index (Phi) is 6.13. The van der Waals surface area contributed by atoms with Crippen molar-refractivity contribution in [3.8, 4) is 0 Å². The first-order chi connectivity index (χ1) is 13.8. The van der Waals surface area contributed by atoms with E-state index in [1.807, 2.05) is 12.1 Å². The molecule has 10 heteroatoms. The highest BCUT2D eigenvalue weighted by Gasteiger charge is 2.29. The Morgan fingerprint density at radius 2 is 2.03 bits per heavy atom. The largest absolute Gasteiger partial charge is 0.456 e. The van der Waals surface area contributed by atoms with E-state index in [9.17, 15) is 24.5 Å². The average Bonchev–Trinajstić information content (AvgIpc) is 2.68. The topological polar surface area (TPSA) is 128 Å². The maximum absolute atomic E-state index is 12.1. The summed E-state index contributed by atoms with van der Waals surface area (Å²) in [6, 6.07) is 11.3. The fraction of sp³-hybridized carbons (Fsp3) is 0.211. The maximum atomic E-state index is 12.1. The quantitative estimate of drug-likeness (QED) is 0.422. The Morgan fingerprint density at radius 1 is 1.28 bits per heavy atom. The van der Waals surface area contributed by atoms with Crippen LogP contribution in [-0.2, 0) is 19.1 Å². The van der Waals surface area contributed by atoms with E-state index in [0.717, 1.165) is 4.90 Å². The lowest BCUT2D eigenvalue weighted by atomic mass is 10.2. The molecule has 3 rings (SSSR count). The molecule has 29 heavy (non-hydrogen) atoms. The van der Waals surface area contributed by atoms with E-state index >= 15 is 0 Å². The van der Waals surface area contributed by atoms with Crippen LogP contribution in [0.5, 0.6) is 0 Å². The molecule has 0 bridgehead atoms. The van der Waals surface area contributed by atoms with Crippen LogP contribution in [0, 0.1) is 17.0 Å². The van der Waals surface area contributed by atoms with Crippen molar-refractivity contribution < 1.29 is 24.0 Å². The van der Waals surface area contributed by atoms with Gasteiger partial charge in [0.1, 0.15) is 0 Å². The van der Waals surface area contributed by atoms with E-state index in [0.29, 0.717) is 11.3 Å². The molecular weight excluding hydrogens is 398 g/mol. The van der Waals surface area contributed by atoms with Crippen molar-refractivity contribution in [2.75, 3.05) is 17.2 Å². The third-order valence-electron chi connectivity index (χ3n) is 4.13. The molecule has 2 amide bonds. The molecule has 0 saturated heterocycles. The minimum atomic E-state index is -0.692. The van der Waals surface area contributed by atoms with Gasteiger partial charge in [-0.25, -0.2) is 0 Å². The van der Waals surface area contributed by atoms with E-state index in [4.69, 9.17) is 4.74 Å². The lowest BCUT2D eigenvalue weighted by molar-refractivity contribution is -0.384. The second-order valence-electron chi connectivity index (χ2n) is 6.26. The number of carbonyl (C=O) groups is 3. The highest BCUT2D eigenvalue weighted by Crippen LogP contribution is 2.36. The minimum absolute atomic E-state index is 0.163. The van der Waals surface area contributed by atoms with Crippen molar-refractivity contribution in [2.24, 2.45) is 0 Å². The van der Waals surface area contributed by atoms with Gasteiger partial charge in [0.2, 0.25) is 5.91 Å². The molecule has 2 N–H and O–H groups in total. The van der Waals surface area contributed by atoms with Gasteiger partial charge in [0.15, 0.2) is 6.61 Å². The molecule has 1 heterocycles. The Labute approximate surface area is 170 Å². The first-order valence-corrected chi connectivity index (χ1v) is 9.48. The molecule has 2 aromatic rings. The number of aryl methyl sites for hydroxylation is 1. The Bertz CT molecular complexity index is 994. The minimum Gasteiger partial charge on any atom is -0.456 e. The van der Waals surface area contributed by atoms with Gasteiger partial charge in [0, 0.05) is 17.0 Å². The lowest BCUT2D eigenvalue weighted by Crippen LogP contribution is -2.32. The van der Waals surface area contributed by atoms with Crippen molar-refractivity contribution in [3.05, 3.63) is 58.1 Å². The number of benzene rings is 2. The third-order valence-corrected chi connectivity index (χ3v) is 5.40. The molecule has 0 spiro atoms. The van der Waals surface area contributed by atoms with Gasteiger partial charge in [-0.15, -0.1) is 11.8 Å². The van der Waals surface area contributed by atoms with E-state index in [-0.39, 0.29) is 23.7 Å². The van der Waals surface area contributed by atoms with Crippen LogP contribution in [0.4, 0.5) is 17.1 Å². The molecule has 0 saturated carbocycles. The summed E-state index contributed by atoms with van der Waals surface area (Å²) in [5.74, 6) is -1.63. The normalized spacial score (nSPS) is 15.1. The van der Waals surface area contributed by atoms with Crippen LogP contribution < -0.4 is 10.6 Å². The van der Waals surface area contributed by atoms with Gasteiger partial charge in [-0.2, -0.15) is 0 Å². The van der Waals surface area contributed by atoms with Gasteiger partial charge in [-0.05, 0) is 24.6 Å². The molecule has 0 aliphatic carbocycles. The lowest BCUT2D eigenvalue weighted by Gasteiger charge is -2.23. The SMILES string of the molecule is Cc1ccc([N+](=O)[O-])cc1NC(=O)COC(=O)C[C@H]1Sc2ccccc2NC1=O. The van der Waals surface area contributed by atoms with Gasteiger partial charge < -0.3 is 15.4 Å². The molecule has 2 aromatic carbocycles. The van der Waals surface area contributed by atoms with E-state index in [1.165, 1.54) is 30.0 Å². The number of nitrogens with zero attached hydrogens (tertiary/aromatic N) is 1. The van der Waals surface area contributed by atoms with Crippen LogP contribution in [0.15, 0.2) is 47.4 Å². The molecule has 0 radical (unpaired) electrons.